The molecule has 0 aliphatic heterocycles. The fraction of sp³-hybridized carbons (Fsp3) is 0.417. The number of carbonyl (C=O) groups excluding carboxylic acids is 1. The zero-order chi connectivity index (χ0) is 15.3. The van der Waals surface area contributed by atoms with Crippen LogP contribution in [0.2, 0.25) is 0 Å². The van der Waals surface area contributed by atoms with E-state index < -0.39 is 33.7 Å². The molecule has 1 rings (SSSR count). The van der Waals surface area contributed by atoms with Crippen LogP contribution in [0.3, 0.4) is 0 Å². The number of nitrogens with one attached hydrogen (secondary N) is 1. The van der Waals surface area contributed by atoms with Gasteiger partial charge in [0.05, 0.1) is 21.9 Å². The molecule has 1 N–H and O–H groups in total. The summed E-state index contributed by atoms with van der Waals surface area (Å²) in [6, 6.07) is 1.04. The molecule has 1 atom stereocenters. The average molecular weight is 307 g/mol. The third-order valence-corrected chi connectivity index (χ3v) is 2.92. The number of hydrogen-bond acceptors (Lipinski definition) is 3. The monoisotopic (exact) mass is 306 g/mol. The van der Waals surface area contributed by atoms with E-state index in [0.29, 0.717) is 18.6 Å². The van der Waals surface area contributed by atoms with Crippen LogP contribution in [0.1, 0.15) is 30.1 Å². The van der Waals surface area contributed by atoms with Crippen LogP contribution in [0.15, 0.2) is 12.1 Å². The van der Waals surface area contributed by atoms with E-state index >= 15 is 0 Å². The molecule has 0 aliphatic rings. The van der Waals surface area contributed by atoms with Crippen molar-refractivity contribution in [2.75, 3.05) is 6.54 Å². The molecule has 0 spiro atoms. The van der Waals surface area contributed by atoms with Crippen molar-refractivity contribution in [3.63, 3.8) is 0 Å². The second kappa shape index (κ2) is 7.14. The number of rotatable bonds is 6. The average Bonchev–Trinajstić information content (AvgIpc) is 2.38. The van der Waals surface area contributed by atoms with Gasteiger partial charge in [0.2, 0.25) is 5.82 Å². The number of amides is 1. The lowest BCUT2D eigenvalue weighted by Gasteiger charge is -2.10. The first kappa shape index (κ1) is 16.3. The number of benzene rings is 1. The number of hydrogen-bond donors (Lipinski definition) is 1. The molecule has 0 aromatic heterocycles. The van der Waals surface area contributed by atoms with E-state index in [4.69, 9.17) is 11.6 Å². The Balaban J connectivity index is 2.90. The van der Waals surface area contributed by atoms with Crippen LogP contribution >= 0.6 is 11.6 Å². The van der Waals surface area contributed by atoms with E-state index in [2.05, 4.69) is 5.32 Å². The van der Waals surface area contributed by atoms with Crippen molar-refractivity contribution < 1.29 is 18.5 Å². The van der Waals surface area contributed by atoms with Crippen LogP contribution in [-0.4, -0.2) is 22.8 Å². The number of nitrogens with zero attached hydrogens (tertiary/aromatic N) is 1. The third-order valence-electron chi connectivity index (χ3n) is 2.55. The van der Waals surface area contributed by atoms with Crippen molar-refractivity contribution in [2.24, 2.45) is 0 Å². The van der Waals surface area contributed by atoms with Gasteiger partial charge in [-0.3, -0.25) is 14.9 Å². The summed E-state index contributed by atoms with van der Waals surface area (Å²) in [5.41, 5.74) is -1.79. The van der Waals surface area contributed by atoms with Gasteiger partial charge in [0, 0.05) is 6.54 Å². The second-order valence-electron chi connectivity index (χ2n) is 4.14. The first-order valence-corrected chi connectivity index (χ1v) is 6.36. The summed E-state index contributed by atoms with van der Waals surface area (Å²) in [6.07, 6.45) is 1.46. The number of carbonyl (C=O) groups is 1. The molecule has 1 amide bonds. The lowest BCUT2D eigenvalue weighted by atomic mass is 10.1. The Labute approximate surface area is 119 Å². The van der Waals surface area contributed by atoms with Crippen molar-refractivity contribution in [3.05, 3.63) is 39.4 Å². The standard InChI is InChI=1S/C12H13ClF2N2O3/c1-2-3-7(13)6-16-12(18)9-4-8(14)5-10(11(9)15)17(19)20/h4-5,7H,2-3,6H2,1H3,(H,16,18). The molecule has 1 unspecified atom stereocenters. The van der Waals surface area contributed by atoms with Crippen LogP contribution in [0.5, 0.6) is 0 Å². The molecule has 110 valence electrons. The maximum atomic E-state index is 13.7. The Kier molecular flexibility index (Phi) is 5.82. The van der Waals surface area contributed by atoms with Gasteiger partial charge in [-0.05, 0) is 12.5 Å². The van der Waals surface area contributed by atoms with Crippen LogP contribution in [-0.2, 0) is 0 Å². The van der Waals surface area contributed by atoms with Gasteiger partial charge < -0.3 is 5.32 Å². The van der Waals surface area contributed by atoms with Gasteiger partial charge in [0.25, 0.3) is 5.91 Å². The largest absolute Gasteiger partial charge is 0.350 e. The van der Waals surface area contributed by atoms with Crippen molar-refractivity contribution in [1.82, 2.24) is 5.32 Å². The highest BCUT2D eigenvalue weighted by atomic mass is 35.5. The molecule has 5 nitrogen and oxygen atoms in total. The Morgan fingerprint density at radius 3 is 2.70 bits per heavy atom. The molecule has 1 aromatic carbocycles. The molecular weight excluding hydrogens is 294 g/mol. The number of nitro groups is 1. The molecule has 20 heavy (non-hydrogen) atoms. The highest BCUT2D eigenvalue weighted by Gasteiger charge is 2.24. The number of nitro benzene ring substituents is 1. The van der Waals surface area contributed by atoms with Crippen molar-refractivity contribution in [1.29, 1.82) is 0 Å². The highest BCUT2D eigenvalue weighted by Crippen LogP contribution is 2.22. The number of alkyl halides is 1. The van der Waals surface area contributed by atoms with Gasteiger partial charge in [-0.2, -0.15) is 4.39 Å². The van der Waals surface area contributed by atoms with E-state index in [1.165, 1.54) is 0 Å². The van der Waals surface area contributed by atoms with Crippen LogP contribution in [0, 0.1) is 21.7 Å². The van der Waals surface area contributed by atoms with E-state index in [1.807, 2.05) is 6.92 Å². The Bertz CT molecular complexity index is 526. The first-order valence-electron chi connectivity index (χ1n) is 5.92. The lowest BCUT2D eigenvalue weighted by molar-refractivity contribution is -0.387. The molecule has 0 saturated heterocycles. The summed E-state index contributed by atoms with van der Waals surface area (Å²) in [5.74, 6) is -3.36. The molecular formula is C12H13ClF2N2O3. The summed E-state index contributed by atoms with van der Waals surface area (Å²) in [6.45, 7) is 1.98. The summed E-state index contributed by atoms with van der Waals surface area (Å²) >= 11 is 5.87. The lowest BCUT2D eigenvalue weighted by Crippen LogP contribution is -2.30. The molecule has 0 fully saturated rings. The minimum atomic E-state index is -1.37. The predicted octanol–water partition coefficient (Wildman–Crippen LogP) is 3.01. The van der Waals surface area contributed by atoms with Gasteiger partial charge >= 0.3 is 5.69 Å². The quantitative estimate of drug-likeness (QED) is 0.499. The molecule has 0 aliphatic carbocycles. The molecule has 0 bridgehead atoms. The molecule has 0 radical (unpaired) electrons. The van der Waals surface area contributed by atoms with E-state index in [9.17, 15) is 23.7 Å². The first-order chi connectivity index (χ1) is 9.36. The van der Waals surface area contributed by atoms with Crippen LogP contribution in [0.25, 0.3) is 0 Å². The molecule has 0 saturated carbocycles. The Morgan fingerprint density at radius 1 is 1.50 bits per heavy atom. The summed E-state index contributed by atoms with van der Waals surface area (Å²) in [5, 5.41) is 12.5. The smallest absolute Gasteiger partial charge is 0.308 e. The van der Waals surface area contributed by atoms with Crippen LogP contribution in [0.4, 0.5) is 14.5 Å². The van der Waals surface area contributed by atoms with Gasteiger partial charge in [-0.1, -0.05) is 13.3 Å². The summed E-state index contributed by atoms with van der Waals surface area (Å²) in [7, 11) is 0. The zero-order valence-corrected chi connectivity index (χ0v) is 11.4. The predicted molar refractivity (Wildman–Crippen MR) is 69.9 cm³/mol. The highest BCUT2D eigenvalue weighted by molar-refractivity contribution is 6.20. The topological polar surface area (TPSA) is 72.2 Å². The minimum Gasteiger partial charge on any atom is -0.350 e. The van der Waals surface area contributed by atoms with Crippen LogP contribution < -0.4 is 5.32 Å². The minimum absolute atomic E-state index is 0.0674. The van der Waals surface area contributed by atoms with E-state index in [-0.39, 0.29) is 11.9 Å². The maximum Gasteiger partial charge on any atom is 0.308 e. The van der Waals surface area contributed by atoms with E-state index in [1.54, 1.807) is 0 Å². The maximum absolute atomic E-state index is 13.7. The second-order valence-corrected chi connectivity index (χ2v) is 4.76. The van der Waals surface area contributed by atoms with E-state index in [0.717, 1.165) is 6.42 Å². The fourth-order valence-electron chi connectivity index (χ4n) is 1.59. The van der Waals surface area contributed by atoms with Gasteiger partial charge in [-0.15, -0.1) is 11.6 Å². The SMILES string of the molecule is CCCC(Cl)CNC(=O)c1cc(F)cc([N+](=O)[O-])c1F. The summed E-state index contributed by atoms with van der Waals surface area (Å²) < 4.78 is 26.9. The molecule has 1 aromatic rings. The normalized spacial score (nSPS) is 12.0. The van der Waals surface area contributed by atoms with Crippen molar-refractivity contribution in [2.45, 2.75) is 25.1 Å². The van der Waals surface area contributed by atoms with Crippen molar-refractivity contribution in [3.8, 4) is 0 Å². The fourth-order valence-corrected chi connectivity index (χ4v) is 1.88. The van der Waals surface area contributed by atoms with Gasteiger partial charge in [0.15, 0.2) is 0 Å². The Morgan fingerprint density at radius 2 is 2.15 bits per heavy atom. The van der Waals surface area contributed by atoms with Crippen molar-refractivity contribution >= 4 is 23.2 Å². The number of halogens is 3. The van der Waals surface area contributed by atoms with Gasteiger partial charge in [-0.25, -0.2) is 4.39 Å². The Hall–Kier alpha value is -1.76. The zero-order valence-electron chi connectivity index (χ0n) is 10.7. The third kappa shape index (κ3) is 4.12. The van der Waals surface area contributed by atoms with Gasteiger partial charge in [0.1, 0.15) is 5.82 Å². The molecule has 0 heterocycles. The summed E-state index contributed by atoms with van der Waals surface area (Å²) in [4.78, 5) is 21.2. The molecule has 8 heteroatoms.